The van der Waals surface area contributed by atoms with Gasteiger partial charge in [-0.15, -0.1) is 0 Å². The molecule has 0 spiro atoms. The van der Waals surface area contributed by atoms with Gasteiger partial charge in [0, 0.05) is 29.6 Å². The molecule has 1 aromatic carbocycles. The Balaban J connectivity index is 2.26. The van der Waals surface area contributed by atoms with E-state index in [1.165, 1.54) is 11.4 Å². The molecule has 0 unspecified atom stereocenters. The molecule has 0 saturated carbocycles. The highest BCUT2D eigenvalue weighted by molar-refractivity contribution is 9.10. The van der Waals surface area contributed by atoms with Crippen molar-refractivity contribution in [1.29, 1.82) is 0 Å². The number of hydrogen-bond acceptors (Lipinski definition) is 3. The van der Waals surface area contributed by atoms with Crippen LogP contribution in [0.25, 0.3) is 0 Å². The van der Waals surface area contributed by atoms with Crippen LogP contribution in [0.15, 0.2) is 22.7 Å². The Labute approximate surface area is 105 Å². The van der Waals surface area contributed by atoms with E-state index in [0.29, 0.717) is 0 Å². The van der Waals surface area contributed by atoms with E-state index in [4.69, 9.17) is 5.73 Å². The fraction of sp³-hybridized carbons (Fsp3) is 0.500. The van der Waals surface area contributed by atoms with Gasteiger partial charge in [0.1, 0.15) is 0 Å². The molecule has 1 heterocycles. The summed E-state index contributed by atoms with van der Waals surface area (Å²) < 4.78 is 1.10. The van der Waals surface area contributed by atoms with E-state index >= 15 is 0 Å². The molecule has 1 aliphatic rings. The second-order valence-corrected chi connectivity index (χ2v) is 5.91. The standard InChI is InChI=1S/C12H18BrN3/c1-12(2,14)8-16-6-5-15-10-7-9(13)3-4-11(10)16/h3-4,7,15H,5-6,8,14H2,1-2H3. The van der Waals surface area contributed by atoms with Crippen LogP contribution in [-0.4, -0.2) is 25.2 Å². The van der Waals surface area contributed by atoms with Crippen LogP contribution in [-0.2, 0) is 0 Å². The minimum atomic E-state index is -0.165. The largest absolute Gasteiger partial charge is 0.382 e. The third-order valence-corrected chi connectivity index (χ3v) is 3.09. The van der Waals surface area contributed by atoms with Gasteiger partial charge in [0.2, 0.25) is 0 Å². The molecule has 0 amide bonds. The summed E-state index contributed by atoms with van der Waals surface area (Å²) in [6.07, 6.45) is 0. The third-order valence-electron chi connectivity index (χ3n) is 2.59. The van der Waals surface area contributed by atoms with Gasteiger partial charge in [0.25, 0.3) is 0 Å². The molecule has 0 aliphatic carbocycles. The minimum Gasteiger partial charge on any atom is -0.382 e. The van der Waals surface area contributed by atoms with Crippen LogP contribution in [0.4, 0.5) is 11.4 Å². The van der Waals surface area contributed by atoms with E-state index in [2.05, 4.69) is 58.2 Å². The van der Waals surface area contributed by atoms with Crippen molar-refractivity contribution in [3.8, 4) is 0 Å². The molecule has 88 valence electrons. The van der Waals surface area contributed by atoms with Crippen molar-refractivity contribution < 1.29 is 0 Å². The van der Waals surface area contributed by atoms with Crippen molar-refractivity contribution in [3.05, 3.63) is 22.7 Å². The summed E-state index contributed by atoms with van der Waals surface area (Å²) in [7, 11) is 0. The van der Waals surface area contributed by atoms with Crippen molar-refractivity contribution in [2.45, 2.75) is 19.4 Å². The predicted molar refractivity (Wildman–Crippen MR) is 73.1 cm³/mol. The fourth-order valence-corrected chi connectivity index (χ4v) is 2.39. The average Bonchev–Trinajstić information content (AvgIpc) is 2.15. The van der Waals surface area contributed by atoms with Gasteiger partial charge in [-0.25, -0.2) is 0 Å². The van der Waals surface area contributed by atoms with Gasteiger partial charge in [-0.2, -0.15) is 0 Å². The van der Waals surface area contributed by atoms with E-state index in [0.717, 1.165) is 24.1 Å². The Morgan fingerprint density at radius 1 is 1.50 bits per heavy atom. The van der Waals surface area contributed by atoms with E-state index in [9.17, 15) is 0 Å². The quantitative estimate of drug-likeness (QED) is 0.876. The third kappa shape index (κ3) is 2.68. The maximum Gasteiger partial charge on any atom is 0.0604 e. The van der Waals surface area contributed by atoms with Gasteiger partial charge < -0.3 is 16.0 Å². The number of nitrogens with one attached hydrogen (secondary N) is 1. The van der Waals surface area contributed by atoms with Crippen molar-refractivity contribution in [2.24, 2.45) is 5.73 Å². The van der Waals surface area contributed by atoms with Gasteiger partial charge in [-0.1, -0.05) is 15.9 Å². The number of nitrogens with two attached hydrogens (primary N) is 1. The van der Waals surface area contributed by atoms with Gasteiger partial charge in [-0.3, -0.25) is 0 Å². The minimum absolute atomic E-state index is 0.165. The van der Waals surface area contributed by atoms with Crippen molar-refractivity contribution >= 4 is 27.3 Å². The van der Waals surface area contributed by atoms with Gasteiger partial charge >= 0.3 is 0 Å². The Kier molecular flexibility index (Phi) is 3.13. The molecular formula is C12H18BrN3. The molecule has 2 rings (SSSR count). The number of hydrogen-bond donors (Lipinski definition) is 2. The molecule has 0 bridgehead atoms. The fourth-order valence-electron chi connectivity index (χ4n) is 2.03. The van der Waals surface area contributed by atoms with Crippen LogP contribution in [0.2, 0.25) is 0 Å². The number of halogens is 1. The molecule has 3 N–H and O–H groups in total. The molecule has 0 saturated heterocycles. The zero-order valence-corrected chi connectivity index (χ0v) is 11.3. The molecule has 1 aliphatic heterocycles. The molecule has 4 heteroatoms. The zero-order chi connectivity index (χ0) is 11.8. The molecular weight excluding hydrogens is 266 g/mol. The van der Waals surface area contributed by atoms with E-state index < -0.39 is 0 Å². The van der Waals surface area contributed by atoms with Gasteiger partial charge in [0.05, 0.1) is 11.4 Å². The zero-order valence-electron chi connectivity index (χ0n) is 9.76. The van der Waals surface area contributed by atoms with Crippen molar-refractivity contribution in [2.75, 3.05) is 29.9 Å². The van der Waals surface area contributed by atoms with E-state index in [1.807, 2.05) is 0 Å². The van der Waals surface area contributed by atoms with Crippen LogP contribution in [0, 0.1) is 0 Å². The lowest BCUT2D eigenvalue weighted by molar-refractivity contribution is 0.506. The smallest absolute Gasteiger partial charge is 0.0604 e. The van der Waals surface area contributed by atoms with Crippen LogP contribution >= 0.6 is 15.9 Å². The Morgan fingerprint density at radius 2 is 2.25 bits per heavy atom. The summed E-state index contributed by atoms with van der Waals surface area (Å²) in [6, 6.07) is 6.32. The predicted octanol–water partition coefficient (Wildman–Crippen LogP) is 2.42. The topological polar surface area (TPSA) is 41.3 Å². The highest BCUT2D eigenvalue weighted by Gasteiger charge is 2.21. The second kappa shape index (κ2) is 4.26. The number of rotatable bonds is 2. The first-order valence-electron chi connectivity index (χ1n) is 5.53. The first kappa shape index (κ1) is 11.7. The maximum atomic E-state index is 6.08. The van der Waals surface area contributed by atoms with Crippen LogP contribution < -0.4 is 16.0 Å². The SMILES string of the molecule is CC(C)(N)CN1CCNc2cc(Br)ccc21. The molecule has 1 aromatic rings. The molecule has 0 radical (unpaired) electrons. The molecule has 0 atom stereocenters. The normalized spacial score (nSPS) is 15.6. The number of anilines is 2. The maximum absolute atomic E-state index is 6.08. The lowest BCUT2D eigenvalue weighted by Gasteiger charge is -2.36. The molecule has 0 fully saturated rings. The van der Waals surface area contributed by atoms with Crippen LogP contribution in [0.5, 0.6) is 0 Å². The van der Waals surface area contributed by atoms with Gasteiger partial charge in [0.15, 0.2) is 0 Å². The summed E-state index contributed by atoms with van der Waals surface area (Å²) in [5.74, 6) is 0. The average molecular weight is 284 g/mol. The summed E-state index contributed by atoms with van der Waals surface area (Å²) >= 11 is 3.49. The van der Waals surface area contributed by atoms with Crippen LogP contribution in [0.1, 0.15) is 13.8 Å². The molecule has 3 nitrogen and oxygen atoms in total. The highest BCUT2D eigenvalue weighted by Crippen LogP contribution is 2.32. The van der Waals surface area contributed by atoms with Crippen LogP contribution in [0.3, 0.4) is 0 Å². The van der Waals surface area contributed by atoms with E-state index in [1.54, 1.807) is 0 Å². The molecule has 16 heavy (non-hydrogen) atoms. The summed E-state index contributed by atoms with van der Waals surface area (Å²) in [5.41, 5.74) is 8.35. The summed E-state index contributed by atoms with van der Waals surface area (Å²) in [6.45, 7) is 6.99. The summed E-state index contributed by atoms with van der Waals surface area (Å²) in [5, 5.41) is 3.41. The Hall–Kier alpha value is -0.740. The highest BCUT2D eigenvalue weighted by atomic mass is 79.9. The Morgan fingerprint density at radius 3 is 2.94 bits per heavy atom. The lowest BCUT2D eigenvalue weighted by Crippen LogP contribution is -2.48. The number of nitrogens with zero attached hydrogens (tertiary/aromatic N) is 1. The lowest BCUT2D eigenvalue weighted by atomic mass is 10.1. The van der Waals surface area contributed by atoms with Crippen molar-refractivity contribution in [1.82, 2.24) is 0 Å². The number of fused-ring (bicyclic) bond motifs is 1. The molecule has 0 aromatic heterocycles. The van der Waals surface area contributed by atoms with Crippen molar-refractivity contribution in [3.63, 3.8) is 0 Å². The van der Waals surface area contributed by atoms with Gasteiger partial charge in [-0.05, 0) is 32.0 Å². The second-order valence-electron chi connectivity index (χ2n) is 5.00. The summed E-state index contributed by atoms with van der Waals surface area (Å²) in [4.78, 5) is 2.35. The first-order chi connectivity index (χ1) is 7.46. The Bertz CT molecular complexity index is 384. The first-order valence-corrected chi connectivity index (χ1v) is 6.32. The number of benzene rings is 1. The van der Waals surface area contributed by atoms with E-state index in [-0.39, 0.29) is 5.54 Å². The monoisotopic (exact) mass is 283 g/mol.